The van der Waals surface area contributed by atoms with Gasteiger partial charge in [-0.25, -0.2) is 0 Å². The van der Waals surface area contributed by atoms with Gasteiger partial charge in [0.05, 0.1) is 19.3 Å². The number of nitrogens with zero attached hydrogens (tertiary/aromatic N) is 2. The molecule has 0 aromatic carbocycles. The Morgan fingerprint density at radius 1 is 1.24 bits per heavy atom. The molecule has 1 aliphatic rings. The van der Waals surface area contributed by atoms with Gasteiger partial charge in [-0.1, -0.05) is 5.92 Å². The molecule has 2 N–H and O–H groups in total. The van der Waals surface area contributed by atoms with E-state index in [0.717, 1.165) is 32.7 Å². The maximum Gasteiger partial charge on any atom is 0.107 e. The van der Waals surface area contributed by atoms with E-state index in [1.165, 1.54) is 0 Å². The van der Waals surface area contributed by atoms with Crippen LogP contribution in [0.5, 0.6) is 0 Å². The molecular formula is C12H22N2O3. The maximum atomic E-state index is 9.71. The van der Waals surface area contributed by atoms with Gasteiger partial charge in [0.15, 0.2) is 0 Å². The van der Waals surface area contributed by atoms with E-state index >= 15 is 0 Å². The molecular weight excluding hydrogens is 220 g/mol. The first-order valence-electron chi connectivity index (χ1n) is 6.01. The normalized spacial score (nSPS) is 20.1. The van der Waals surface area contributed by atoms with Crippen LogP contribution >= 0.6 is 0 Å². The first-order chi connectivity index (χ1) is 8.26. The summed E-state index contributed by atoms with van der Waals surface area (Å²) in [7, 11) is 0. The third kappa shape index (κ3) is 6.01. The second-order valence-electron chi connectivity index (χ2n) is 4.24. The van der Waals surface area contributed by atoms with Gasteiger partial charge in [0.2, 0.25) is 0 Å². The second kappa shape index (κ2) is 8.45. The van der Waals surface area contributed by atoms with Crippen LogP contribution in [-0.2, 0) is 4.74 Å². The highest BCUT2D eigenvalue weighted by Crippen LogP contribution is 2.02. The average Bonchev–Trinajstić information content (AvgIpc) is 2.32. The third-order valence-electron chi connectivity index (χ3n) is 2.85. The molecule has 0 aromatic rings. The van der Waals surface area contributed by atoms with E-state index in [1.807, 2.05) is 0 Å². The predicted molar refractivity (Wildman–Crippen MR) is 65.6 cm³/mol. The first kappa shape index (κ1) is 14.4. The molecule has 0 spiro atoms. The standard InChI is InChI=1S/C12H22N2O3/c1-2-9-17-11-12(16)10-14-5-3-13(4-6-14)7-8-15/h1,12,15-16H,3-11H2. The van der Waals surface area contributed by atoms with Gasteiger partial charge in [-0.3, -0.25) is 9.80 Å². The first-order valence-corrected chi connectivity index (χ1v) is 6.01. The predicted octanol–water partition coefficient (Wildman–Crippen LogP) is -1.39. The molecule has 1 aliphatic heterocycles. The van der Waals surface area contributed by atoms with Crippen LogP contribution in [0.15, 0.2) is 0 Å². The number of hydrogen-bond donors (Lipinski definition) is 2. The summed E-state index contributed by atoms with van der Waals surface area (Å²) in [5.74, 6) is 2.37. The van der Waals surface area contributed by atoms with Gasteiger partial charge in [0.1, 0.15) is 6.61 Å². The summed E-state index contributed by atoms with van der Waals surface area (Å²) in [5, 5.41) is 18.5. The Labute approximate surface area is 103 Å². The number of terminal acetylenes is 1. The summed E-state index contributed by atoms with van der Waals surface area (Å²) in [6, 6.07) is 0. The van der Waals surface area contributed by atoms with Crippen LogP contribution in [0.3, 0.4) is 0 Å². The molecule has 1 unspecified atom stereocenters. The van der Waals surface area contributed by atoms with Gasteiger partial charge in [-0.05, 0) is 0 Å². The molecule has 98 valence electrons. The van der Waals surface area contributed by atoms with E-state index in [0.29, 0.717) is 13.2 Å². The van der Waals surface area contributed by atoms with Crippen molar-refractivity contribution in [3.8, 4) is 12.3 Å². The van der Waals surface area contributed by atoms with Crippen LogP contribution < -0.4 is 0 Å². The molecule has 1 fully saturated rings. The summed E-state index contributed by atoms with van der Waals surface area (Å²) in [4.78, 5) is 4.43. The molecule has 1 atom stereocenters. The van der Waals surface area contributed by atoms with Crippen LogP contribution in [0.4, 0.5) is 0 Å². The van der Waals surface area contributed by atoms with Crippen LogP contribution in [0.25, 0.3) is 0 Å². The molecule has 17 heavy (non-hydrogen) atoms. The maximum absolute atomic E-state index is 9.71. The molecule has 0 radical (unpaired) electrons. The zero-order valence-electron chi connectivity index (χ0n) is 10.2. The summed E-state index contributed by atoms with van der Waals surface area (Å²) in [6.07, 6.45) is 4.57. The summed E-state index contributed by atoms with van der Waals surface area (Å²) >= 11 is 0. The van der Waals surface area contributed by atoms with Gasteiger partial charge in [-0.15, -0.1) is 6.42 Å². The molecule has 0 amide bonds. The van der Waals surface area contributed by atoms with Crippen LogP contribution in [0.1, 0.15) is 0 Å². The topological polar surface area (TPSA) is 56.2 Å². The Hall–Kier alpha value is -0.640. The minimum Gasteiger partial charge on any atom is -0.395 e. The van der Waals surface area contributed by atoms with E-state index in [1.54, 1.807) is 0 Å². The van der Waals surface area contributed by atoms with Gasteiger partial charge in [0, 0.05) is 39.3 Å². The van der Waals surface area contributed by atoms with Crippen molar-refractivity contribution in [3.63, 3.8) is 0 Å². The quantitative estimate of drug-likeness (QED) is 0.425. The Morgan fingerprint density at radius 2 is 1.88 bits per heavy atom. The molecule has 1 heterocycles. The van der Waals surface area contributed by atoms with Crippen molar-refractivity contribution in [3.05, 3.63) is 0 Å². The number of aliphatic hydroxyl groups is 2. The summed E-state index contributed by atoms with van der Waals surface area (Å²) < 4.78 is 5.09. The van der Waals surface area contributed by atoms with Crippen molar-refractivity contribution in [2.75, 3.05) is 59.1 Å². The van der Waals surface area contributed by atoms with Crippen LogP contribution in [-0.4, -0.2) is 85.2 Å². The molecule has 5 heteroatoms. The van der Waals surface area contributed by atoms with Gasteiger partial charge in [0.25, 0.3) is 0 Å². The Bertz CT molecular complexity index is 234. The van der Waals surface area contributed by atoms with Crippen LogP contribution in [0.2, 0.25) is 0 Å². The molecule has 0 aliphatic carbocycles. The lowest BCUT2D eigenvalue weighted by Crippen LogP contribution is -2.49. The fourth-order valence-corrected chi connectivity index (χ4v) is 1.94. The SMILES string of the molecule is C#CCOCC(O)CN1CCN(CCO)CC1. The van der Waals surface area contributed by atoms with Crippen molar-refractivity contribution in [2.45, 2.75) is 6.10 Å². The molecule has 0 bridgehead atoms. The smallest absolute Gasteiger partial charge is 0.107 e. The molecule has 1 saturated heterocycles. The highest BCUT2D eigenvalue weighted by atomic mass is 16.5. The molecule has 0 aromatic heterocycles. The fourth-order valence-electron chi connectivity index (χ4n) is 1.94. The minimum absolute atomic E-state index is 0.211. The average molecular weight is 242 g/mol. The minimum atomic E-state index is -0.479. The van der Waals surface area contributed by atoms with Crippen molar-refractivity contribution in [2.24, 2.45) is 0 Å². The molecule has 0 saturated carbocycles. The van der Waals surface area contributed by atoms with Crippen molar-refractivity contribution < 1.29 is 14.9 Å². The zero-order chi connectivity index (χ0) is 12.5. The van der Waals surface area contributed by atoms with E-state index in [9.17, 15) is 5.11 Å². The fraction of sp³-hybridized carbons (Fsp3) is 0.833. The van der Waals surface area contributed by atoms with E-state index in [2.05, 4.69) is 15.7 Å². The lowest BCUT2D eigenvalue weighted by Gasteiger charge is -2.35. The lowest BCUT2D eigenvalue weighted by molar-refractivity contribution is 0.0148. The van der Waals surface area contributed by atoms with E-state index in [-0.39, 0.29) is 13.2 Å². The highest BCUT2D eigenvalue weighted by Gasteiger charge is 2.18. The number of ether oxygens (including phenoxy) is 1. The number of hydrogen-bond acceptors (Lipinski definition) is 5. The lowest BCUT2D eigenvalue weighted by atomic mass is 10.2. The third-order valence-corrected chi connectivity index (χ3v) is 2.85. The van der Waals surface area contributed by atoms with Crippen molar-refractivity contribution >= 4 is 0 Å². The monoisotopic (exact) mass is 242 g/mol. The number of rotatable bonds is 7. The van der Waals surface area contributed by atoms with Crippen LogP contribution in [0, 0.1) is 12.3 Å². The van der Waals surface area contributed by atoms with E-state index in [4.69, 9.17) is 16.3 Å². The number of aliphatic hydroxyl groups excluding tert-OH is 2. The zero-order valence-corrected chi connectivity index (χ0v) is 10.2. The van der Waals surface area contributed by atoms with Gasteiger partial charge >= 0.3 is 0 Å². The Balaban J connectivity index is 2.10. The highest BCUT2D eigenvalue weighted by molar-refractivity contribution is 4.83. The van der Waals surface area contributed by atoms with Gasteiger partial charge < -0.3 is 14.9 Å². The summed E-state index contributed by atoms with van der Waals surface area (Å²) in [6.45, 7) is 5.85. The van der Waals surface area contributed by atoms with Crippen molar-refractivity contribution in [1.29, 1.82) is 0 Å². The van der Waals surface area contributed by atoms with Crippen molar-refractivity contribution in [1.82, 2.24) is 9.80 Å². The second-order valence-corrected chi connectivity index (χ2v) is 4.24. The molecule has 5 nitrogen and oxygen atoms in total. The largest absolute Gasteiger partial charge is 0.395 e. The Kier molecular flexibility index (Phi) is 7.17. The summed E-state index contributed by atoms with van der Waals surface area (Å²) in [5.41, 5.74) is 0. The Morgan fingerprint density at radius 3 is 2.47 bits per heavy atom. The molecule has 1 rings (SSSR count). The number of piperazine rings is 1. The van der Waals surface area contributed by atoms with Gasteiger partial charge in [-0.2, -0.15) is 0 Å². The van der Waals surface area contributed by atoms with E-state index < -0.39 is 6.10 Å². The number of β-amino-alcohol motifs (C(OH)–C–C–N with tert-alkyl or cyclic N) is 2.